The number of rotatable bonds is 1. The summed E-state index contributed by atoms with van der Waals surface area (Å²) in [7, 11) is 0. The zero-order chi connectivity index (χ0) is 8.27. The van der Waals surface area contributed by atoms with Gasteiger partial charge in [0.05, 0.1) is 11.6 Å². The monoisotopic (exact) mass is 167 g/mol. The summed E-state index contributed by atoms with van der Waals surface area (Å²) >= 11 is 5.83. The Bertz CT molecular complexity index is 231. The molecule has 0 radical (unpaired) electrons. The molecule has 0 aromatic rings. The van der Waals surface area contributed by atoms with Gasteiger partial charge in [-0.05, 0) is 6.92 Å². The quantitative estimate of drug-likeness (QED) is 0.524. The van der Waals surface area contributed by atoms with Crippen LogP contribution >= 0.6 is 11.6 Å². The minimum atomic E-state index is 0.815. The lowest BCUT2D eigenvalue weighted by Gasteiger charge is -1.99. The second kappa shape index (κ2) is 3.68. The van der Waals surface area contributed by atoms with Gasteiger partial charge in [-0.15, -0.1) is 0 Å². The average Bonchev–Trinajstić information content (AvgIpc) is 2.03. The molecule has 0 nitrogen and oxygen atoms in total. The van der Waals surface area contributed by atoms with Gasteiger partial charge in [-0.1, -0.05) is 18.5 Å². The van der Waals surface area contributed by atoms with Crippen LogP contribution in [0.4, 0.5) is 0 Å². The van der Waals surface area contributed by atoms with Gasteiger partial charge in [-0.3, -0.25) is 0 Å². The standard InChI is InChI=1S/C10H12Cl/c1-3-8(2)9-5-4-6-10(11)7-9/h4-7H,3H2,1-2H3/q+1/b9-8+. The zero-order valence-corrected chi connectivity index (χ0v) is 7.65. The van der Waals surface area contributed by atoms with Crippen molar-refractivity contribution in [3.05, 3.63) is 40.8 Å². The van der Waals surface area contributed by atoms with E-state index in [0.717, 1.165) is 11.5 Å². The van der Waals surface area contributed by atoms with E-state index in [9.17, 15) is 0 Å². The highest BCUT2D eigenvalue weighted by Crippen LogP contribution is 2.21. The fraction of sp³-hybridized carbons (Fsp3) is 0.300. The molecule has 0 spiro atoms. The summed E-state index contributed by atoms with van der Waals surface area (Å²) in [5.41, 5.74) is 2.63. The molecule has 0 aromatic heterocycles. The number of hydrogen-bond donors (Lipinski definition) is 0. The van der Waals surface area contributed by atoms with Gasteiger partial charge < -0.3 is 0 Å². The molecule has 0 unspecified atom stereocenters. The van der Waals surface area contributed by atoms with Crippen molar-refractivity contribution in [2.24, 2.45) is 0 Å². The molecule has 58 valence electrons. The maximum absolute atomic E-state index is 5.83. The molecule has 0 aliphatic heterocycles. The van der Waals surface area contributed by atoms with Crippen molar-refractivity contribution in [3.8, 4) is 0 Å². The fourth-order valence-corrected chi connectivity index (χ4v) is 1.15. The average molecular weight is 168 g/mol. The minimum Gasteiger partial charge on any atom is -0.0604 e. The third-order valence-corrected chi connectivity index (χ3v) is 2.08. The third-order valence-electron chi connectivity index (χ3n) is 1.85. The molecule has 1 rings (SSSR count). The first kappa shape index (κ1) is 8.48. The van der Waals surface area contributed by atoms with E-state index in [-0.39, 0.29) is 0 Å². The Kier molecular flexibility index (Phi) is 2.84. The SMILES string of the molecule is CC/C(C)=C1/C=C(Cl)C=C[CH+]1. The highest BCUT2D eigenvalue weighted by Gasteiger charge is 2.09. The third kappa shape index (κ3) is 2.16. The fourth-order valence-electron chi connectivity index (χ4n) is 0.958. The normalized spacial score (nSPS) is 20.8. The second-order valence-electron chi connectivity index (χ2n) is 2.64. The Hall–Kier alpha value is -0.620. The molecule has 11 heavy (non-hydrogen) atoms. The second-order valence-corrected chi connectivity index (χ2v) is 3.08. The first-order chi connectivity index (χ1) is 5.24. The lowest BCUT2D eigenvalue weighted by Crippen LogP contribution is -1.88. The van der Waals surface area contributed by atoms with Crippen LogP contribution < -0.4 is 0 Å². The highest BCUT2D eigenvalue weighted by atomic mass is 35.5. The van der Waals surface area contributed by atoms with Crippen LogP contribution in [0.5, 0.6) is 0 Å². The van der Waals surface area contributed by atoms with Crippen LogP contribution in [0.15, 0.2) is 34.4 Å². The molecule has 1 aliphatic rings. The van der Waals surface area contributed by atoms with Crippen molar-refractivity contribution in [1.82, 2.24) is 0 Å². The summed E-state index contributed by atoms with van der Waals surface area (Å²) in [6.45, 7) is 4.28. The Labute approximate surface area is 73.3 Å². The Balaban J connectivity index is 2.86. The van der Waals surface area contributed by atoms with E-state index in [1.165, 1.54) is 11.1 Å². The van der Waals surface area contributed by atoms with Crippen LogP contribution in [-0.2, 0) is 0 Å². The molecule has 0 N–H and O–H groups in total. The zero-order valence-electron chi connectivity index (χ0n) is 6.89. The lowest BCUT2D eigenvalue weighted by atomic mass is 10.0. The molecular formula is C10H12Cl+. The Morgan fingerprint density at radius 2 is 2.36 bits per heavy atom. The van der Waals surface area contributed by atoms with Crippen molar-refractivity contribution in [3.63, 3.8) is 0 Å². The van der Waals surface area contributed by atoms with Crippen molar-refractivity contribution >= 4 is 11.6 Å². The maximum Gasteiger partial charge on any atom is 0.124 e. The van der Waals surface area contributed by atoms with Gasteiger partial charge in [0.1, 0.15) is 5.03 Å². The van der Waals surface area contributed by atoms with E-state index in [0.29, 0.717) is 0 Å². The minimum absolute atomic E-state index is 0.815. The van der Waals surface area contributed by atoms with E-state index in [1.807, 2.05) is 18.2 Å². The number of allylic oxidation sites excluding steroid dienone is 6. The van der Waals surface area contributed by atoms with Crippen molar-refractivity contribution < 1.29 is 0 Å². The van der Waals surface area contributed by atoms with Gasteiger partial charge in [0.25, 0.3) is 0 Å². The molecule has 0 heterocycles. The van der Waals surface area contributed by atoms with Gasteiger partial charge in [0, 0.05) is 30.6 Å². The summed E-state index contributed by atoms with van der Waals surface area (Å²) in [5.74, 6) is 0. The van der Waals surface area contributed by atoms with Gasteiger partial charge >= 0.3 is 0 Å². The van der Waals surface area contributed by atoms with E-state index in [1.54, 1.807) is 0 Å². The van der Waals surface area contributed by atoms with Crippen LogP contribution in [0.1, 0.15) is 20.3 Å². The first-order valence-corrected chi connectivity index (χ1v) is 4.20. The lowest BCUT2D eigenvalue weighted by molar-refractivity contribution is 1.08. The smallest absolute Gasteiger partial charge is 0.0604 e. The summed E-state index contributed by atoms with van der Waals surface area (Å²) < 4.78 is 0. The molecular weight excluding hydrogens is 156 g/mol. The van der Waals surface area contributed by atoms with Gasteiger partial charge in [-0.2, -0.15) is 0 Å². The summed E-state index contributed by atoms with van der Waals surface area (Å²) in [5, 5.41) is 0.815. The Morgan fingerprint density at radius 3 is 2.91 bits per heavy atom. The van der Waals surface area contributed by atoms with Crippen molar-refractivity contribution in [2.75, 3.05) is 0 Å². The predicted octanol–water partition coefficient (Wildman–Crippen LogP) is 3.61. The topological polar surface area (TPSA) is 0 Å². The molecule has 0 fully saturated rings. The first-order valence-electron chi connectivity index (χ1n) is 3.82. The molecule has 1 heteroatoms. The molecule has 0 amide bonds. The molecule has 1 aliphatic carbocycles. The van der Waals surface area contributed by atoms with E-state index in [4.69, 9.17) is 11.6 Å². The van der Waals surface area contributed by atoms with E-state index in [2.05, 4.69) is 20.3 Å². The molecule has 0 bridgehead atoms. The Morgan fingerprint density at radius 1 is 1.64 bits per heavy atom. The highest BCUT2D eigenvalue weighted by molar-refractivity contribution is 6.31. The molecule has 0 aromatic carbocycles. The van der Waals surface area contributed by atoms with Crippen LogP contribution in [0, 0.1) is 6.42 Å². The summed E-state index contributed by atoms with van der Waals surface area (Å²) in [6.07, 6.45) is 9.05. The molecule has 0 saturated carbocycles. The molecule has 0 atom stereocenters. The number of halogens is 1. The van der Waals surface area contributed by atoms with E-state index >= 15 is 0 Å². The van der Waals surface area contributed by atoms with Crippen molar-refractivity contribution in [2.45, 2.75) is 20.3 Å². The van der Waals surface area contributed by atoms with Crippen LogP contribution in [0.2, 0.25) is 0 Å². The molecule has 0 saturated heterocycles. The van der Waals surface area contributed by atoms with Gasteiger partial charge in [-0.25, -0.2) is 0 Å². The number of hydrogen-bond acceptors (Lipinski definition) is 0. The van der Waals surface area contributed by atoms with E-state index < -0.39 is 0 Å². The largest absolute Gasteiger partial charge is 0.124 e. The van der Waals surface area contributed by atoms with Crippen LogP contribution in [0.3, 0.4) is 0 Å². The summed E-state index contributed by atoms with van der Waals surface area (Å²) in [6, 6.07) is 0. The van der Waals surface area contributed by atoms with Crippen molar-refractivity contribution in [1.29, 1.82) is 0 Å². The maximum atomic E-state index is 5.83. The van der Waals surface area contributed by atoms with Gasteiger partial charge in [0.15, 0.2) is 0 Å². The van der Waals surface area contributed by atoms with Crippen LogP contribution in [-0.4, -0.2) is 0 Å². The van der Waals surface area contributed by atoms with Crippen LogP contribution in [0.25, 0.3) is 0 Å². The van der Waals surface area contributed by atoms with Gasteiger partial charge in [0.2, 0.25) is 0 Å². The summed E-state index contributed by atoms with van der Waals surface area (Å²) in [4.78, 5) is 0. The predicted molar refractivity (Wildman–Crippen MR) is 50.4 cm³/mol.